The van der Waals surface area contributed by atoms with Crippen LogP contribution in [0.4, 0.5) is 5.95 Å². The fourth-order valence-electron chi connectivity index (χ4n) is 2.03. The summed E-state index contributed by atoms with van der Waals surface area (Å²) in [4.78, 5) is 4.36. The van der Waals surface area contributed by atoms with Gasteiger partial charge in [0, 0.05) is 51.9 Å². The summed E-state index contributed by atoms with van der Waals surface area (Å²) in [6.07, 6.45) is 6.98. The van der Waals surface area contributed by atoms with Crippen molar-refractivity contribution in [3.05, 3.63) is 12.4 Å². The van der Waals surface area contributed by atoms with Gasteiger partial charge in [-0.2, -0.15) is 0 Å². The second-order valence-corrected chi connectivity index (χ2v) is 4.32. The van der Waals surface area contributed by atoms with E-state index in [0.717, 1.165) is 51.6 Å². The van der Waals surface area contributed by atoms with Gasteiger partial charge < -0.3 is 19.4 Å². The van der Waals surface area contributed by atoms with Crippen LogP contribution in [0.5, 0.6) is 0 Å². The molecule has 0 bridgehead atoms. The minimum atomic E-state index is 0.493. The fourth-order valence-corrected chi connectivity index (χ4v) is 2.03. The lowest BCUT2D eigenvalue weighted by Gasteiger charge is -2.24. The van der Waals surface area contributed by atoms with E-state index >= 15 is 0 Å². The van der Waals surface area contributed by atoms with Crippen LogP contribution in [-0.2, 0) is 16.0 Å². The van der Waals surface area contributed by atoms with Crippen LogP contribution in [0, 0.1) is 0 Å². The molecule has 1 aliphatic rings. The third-order valence-corrected chi connectivity index (χ3v) is 3.02. The molecule has 0 atom stereocenters. The molecule has 2 heterocycles. The van der Waals surface area contributed by atoms with E-state index in [1.807, 2.05) is 12.4 Å². The van der Waals surface area contributed by atoms with Crippen molar-refractivity contribution in [3.63, 3.8) is 0 Å². The lowest BCUT2D eigenvalue weighted by Crippen LogP contribution is -2.29. The highest BCUT2D eigenvalue weighted by molar-refractivity contribution is 5.27. The minimum absolute atomic E-state index is 0.493. The molecular formula is C12H21N3O2. The summed E-state index contributed by atoms with van der Waals surface area (Å²) in [6, 6.07) is 0.493. The average molecular weight is 239 g/mol. The number of anilines is 1. The van der Waals surface area contributed by atoms with E-state index in [1.54, 1.807) is 7.11 Å². The predicted octanol–water partition coefficient (Wildman–Crippen LogP) is 1.51. The van der Waals surface area contributed by atoms with E-state index in [-0.39, 0.29) is 0 Å². The Balaban J connectivity index is 1.84. The van der Waals surface area contributed by atoms with Gasteiger partial charge in [0.25, 0.3) is 0 Å². The molecule has 96 valence electrons. The van der Waals surface area contributed by atoms with Crippen molar-refractivity contribution in [2.24, 2.45) is 0 Å². The van der Waals surface area contributed by atoms with E-state index in [0.29, 0.717) is 6.04 Å². The Kier molecular flexibility index (Phi) is 4.82. The van der Waals surface area contributed by atoms with Gasteiger partial charge in [-0.25, -0.2) is 4.98 Å². The van der Waals surface area contributed by atoms with E-state index in [2.05, 4.69) is 14.9 Å². The molecule has 17 heavy (non-hydrogen) atoms. The maximum absolute atomic E-state index is 5.34. The van der Waals surface area contributed by atoms with Gasteiger partial charge in [-0.3, -0.25) is 0 Å². The van der Waals surface area contributed by atoms with Crippen LogP contribution in [0.25, 0.3) is 0 Å². The number of ether oxygens (including phenoxy) is 2. The SMILES string of the molecule is COCCCn1ccnc1NC1CCOCC1. The molecule has 1 aromatic rings. The van der Waals surface area contributed by atoms with Crippen molar-refractivity contribution in [1.82, 2.24) is 9.55 Å². The second kappa shape index (κ2) is 6.61. The van der Waals surface area contributed by atoms with Gasteiger partial charge in [-0.15, -0.1) is 0 Å². The molecule has 0 radical (unpaired) electrons. The monoisotopic (exact) mass is 239 g/mol. The summed E-state index contributed by atoms with van der Waals surface area (Å²) in [6.45, 7) is 3.43. The van der Waals surface area contributed by atoms with Crippen molar-refractivity contribution in [2.75, 3.05) is 32.2 Å². The fraction of sp³-hybridized carbons (Fsp3) is 0.750. The number of methoxy groups -OCH3 is 1. The molecule has 0 unspecified atom stereocenters. The molecule has 0 saturated carbocycles. The van der Waals surface area contributed by atoms with E-state index in [1.165, 1.54) is 0 Å². The van der Waals surface area contributed by atoms with Crippen LogP contribution < -0.4 is 5.32 Å². The first-order chi connectivity index (χ1) is 8.40. The Hall–Kier alpha value is -1.07. The van der Waals surface area contributed by atoms with Crippen LogP contribution in [0.15, 0.2) is 12.4 Å². The Bertz CT molecular complexity index is 321. The third kappa shape index (κ3) is 3.71. The molecule has 1 fully saturated rings. The molecule has 0 aliphatic carbocycles. The van der Waals surface area contributed by atoms with Crippen LogP contribution >= 0.6 is 0 Å². The van der Waals surface area contributed by atoms with Crippen LogP contribution in [0.2, 0.25) is 0 Å². The third-order valence-electron chi connectivity index (χ3n) is 3.02. The summed E-state index contributed by atoms with van der Waals surface area (Å²) in [7, 11) is 1.73. The highest BCUT2D eigenvalue weighted by atomic mass is 16.5. The highest BCUT2D eigenvalue weighted by Crippen LogP contribution is 2.13. The minimum Gasteiger partial charge on any atom is -0.385 e. The van der Waals surface area contributed by atoms with Gasteiger partial charge >= 0.3 is 0 Å². The average Bonchev–Trinajstić information content (AvgIpc) is 2.79. The molecule has 1 aromatic heterocycles. The zero-order chi connectivity index (χ0) is 11.9. The molecule has 5 nitrogen and oxygen atoms in total. The number of nitrogens with one attached hydrogen (secondary N) is 1. The predicted molar refractivity (Wildman–Crippen MR) is 66.2 cm³/mol. The molecule has 1 N–H and O–H groups in total. The topological polar surface area (TPSA) is 48.3 Å². The van der Waals surface area contributed by atoms with Gasteiger partial charge in [-0.05, 0) is 19.3 Å². The lowest BCUT2D eigenvalue weighted by molar-refractivity contribution is 0.0902. The Morgan fingerprint density at radius 3 is 3.12 bits per heavy atom. The second-order valence-electron chi connectivity index (χ2n) is 4.32. The molecule has 1 saturated heterocycles. The molecule has 0 amide bonds. The van der Waals surface area contributed by atoms with Gasteiger partial charge in [0.2, 0.25) is 5.95 Å². The smallest absolute Gasteiger partial charge is 0.202 e. The zero-order valence-electron chi connectivity index (χ0n) is 10.4. The number of imidazole rings is 1. The number of hydrogen-bond acceptors (Lipinski definition) is 4. The first-order valence-corrected chi connectivity index (χ1v) is 6.24. The Labute approximate surface area is 102 Å². The maximum Gasteiger partial charge on any atom is 0.202 e. The van der Waals surface area contributed by atoms with Crippen molar-refractivity contribution in [1.29, 1.82) is 0 Å². The maximum atomic E-state index is 5.34. The van der Waals surface area contributed by atoms with Gasteiger partial charge in [0.1, 0.15) is 0 Å². The van der Waals surface area contributed by atoms with Gasteiger partial charge in [-0.1, -0.05) is 0 Å². The normalized spacial score (nSPS) is 17.2. The summed E-state index contributed by atoms with van der Waals surface area (Å²) in [5.74, 6) is 0.966. The van der Waals surface area contributed by atoms with Crippen LogP contribution in [0.3, 0.4) is 0 Å². The number of nitrogens with zero attached hydrogens (tertiary/aromatic N) is 2. The van der Waals surface area contributed by atoms with Crippen molar-refractivity contribution >= 4 is 5.95 Å². The Morgan fingerprint density at radius 2 is 2.35 bits per heavy atom. The molecule has 0 aromatic carbocycles. The number of rotatable bonds is 6. The van der Waals surface area contributed by atoms with Crippen molar-refractivity contribution in [3.8, 4) is 0 Å². The van der Waals surface area contributed by atoms with E-state index in [4.69, 9.17) is 9.47 Å². The Morgan fingerprint density at radius 1 is 1.53 bits per heavy atom. The summed E-state index contributed by atoms with van der Waals surface area (Å²) in [5, 5.41) is 3.49. The van der Waals surface area contributed by atoms with Crippen molar-refractivity contribution < 1.29 is 9.47 Å². The van der Waals surface area contributed by atoms with Gasteiger partial charge in [0.15, 0.2) is 0 Å². The standard InChI is InChI=1S/C12H21N3O2/c1-16-8-2-6-15-7-5-13-12(15)14-11-3-9-17-10-4-11/h5,7,11H,2-4,6,8-10H2,1H3,(H,13,14). The summed E-state index contributed by atoms with van der Waals surface area (Å²) < 4.78 is 12.6. The largest absolute Gasteiger partial charge is 0.385 e. The number of hydrogen-bond donors (Lipinski definition) is 1. The molecule has 0 spiro atoms. The number of aryl methyl sites for hydroxylation is 1. The first-order valence-electron chi connectivity index (χ1n) is 6.24. The van der Waals surface area contributed by atoms with E-state index < -0.39 is 0 Å². The quantitative estimate of drug-likeness (QED) is 0.764. The zero-order valence-corrected chi connectivity index (χ0v) is 10.4. The van der Waals surface area contributed by atoms with Gasteiger partial charge in [0.05, 0.1) is 0 Å². The van der Waals surface area contributed by atoms with Crippen LogP contribution in [0.1, 0.15) is 19.3 Å². The lowest BCUT2D eigenvalue weighted by atomic mass is 10.1. The molecule has 5 heteroatoms. The van der Waals surface area contributed by atoms with Crippen LogP contribution in [-0.4, -0.2) is 42.5 Å². The first kappa shape index (κ1) is 12.4. The van der Waals surface area contributed by atoms with Crippen molar-refractivity contribution in [2.45, 2.75) is 31.8 Å². The summed E-state index contributed by atoms with van der Waals surface area (Å²) in [5.41, 5.74) is 0. The molecule has 2 rings (SSSR count). The summed E-state index contributed by atoms with van der Waals surface area (Å²) >= 11 is 0. The molecular weight excluding hydrogens is 218 g/mol. The highest BCUT2D eigenvalue weighted by Gasteiger charge is 2.15. The molecule has 1 aliphatic heterocycles. The van der Waals surface area contributed by atoms with E-state index in [9.17, 15) is 0 Å². The number of aromatic nitrogens is 2.